The second kappa shape index (κ2) is 77.9. The van der Waals surface area contributed by atoms with Crippen LogP contribution in [0.15, 0.2) is 189 Å². The Morgan fingerprint density at radius 3 is 0.636 bits per heavy atom. The van der Waals surface area contributed by atoms with Crippen molar-refractivity contribution in [3.63, 3.8) is 0 Å². The Labute approximate surface area is 883 Å². The van der Waals surface area contributed by atoms with Crippen LogP contribution in [0.4, 0.5) is 0 Å². The number of pyridine rings is 4. The normalized spacial score (nSPS) is 13.2. The Bertz CT molecular complexity index is 3840. The van der Waals surface area contributed by atoms with Crippen LogP contribution in [-0.2, 0) is 204 Å². The number of hydrogen-bond acceptors (Lipinski definition) is 12. The first kappa shape index (κ1) is 131. The van der Waals surface area contributed by atoms with E-state index in [0.29, 0.717) is 24.2 Å². The van der Waals surface area contributed by atoms with Crippen LogP contribution in [0, 0.1) is 114 Å². The molecule has 23 heteroatoms. The number of hydrogen-bond donors (Lipinski definition) is 0. The standard InChI is InChI=1S/2C29H39N6.4C9H11.C7H8.2C4H10O.8Cu.O/c2*1-3-13-28(14-4-1)34(20-24-11-7-9-17-30-24)22-26-19-27(33-32-26)23-35(29-15-5-2-6-16-29)21-25-12-8-10-18-31-25;4*1-7-4-8(2)6-9(3)5-7;1-7-5-3-2-4-6-7;2*1-3-5-4-2;;;;;;;;;/h2*7-12,17-19,28-29H,1-6,13-16,20-23H2;4*4-5H,1-3H3;2-6H,1H3;2*3-4H2,1-2H3;;;;;;;;;/q6*-1;;;;8*+1;-2. The molecule has 0 unspecified atom stereocenters. The van der Waals surface area contributed by atoms with Crippen LogP contribution in [0.2, 0.25) is 0 Å². The zero-order valence-corrected chi connectivity index (χ0v) is 88.9. The minimum absolute atomic E-state index is 0. The summed E-state index contributed by atoms with van der Waals surface area (Å²) in [6.45, 7) is 45.3. The van der Waals surface area contributed by atoms with Gasteiger partial charge in [0.05, 0.1) is 22.8 Å². The van der Waals surface area contributed by atoms with Crippen LogP contribution < -0.4 is 10.2 Å². The van der Waals surface area contributed by atoms with Crippen molar-refractivity contribution in [3.05, 3.63) is 331 Å². The third-order valence-electron chi connectivity index (χ3n) is 22.4. The number of ether oxygens (including phenoxy) is 2. The summed E-state index contributed by atoms with van der Waals surface area (Å²) in [5.74, 6) is 0. The van der Waals surface area contributed by atoms with Crippen molar-refractivity contribution in [2.75, 3.05) is 26.4 Å². The van der Waals surface area contributed by atoms with Gasteiger partial charge in [0.1, 0.15) is 0 Å². The second-order valence-electron chi connectivity index (χ2n) is 34.0. The molecule has 15 nitrogen and oxygen atoms in total. The molecule has 752 valence electrons. The molecule has 0 N–H and O–H groups in total. The molecule has 6 heterocycles. The molecule has 0 radical (unpaired) electrons. The van der Waals surface area contributed by atoms with Crippen molar-refractivity contribution >= 4 is 0 Å². The molecule has 0 atom stereocenters. The fourth-order valence-corrected chi connectivity index (χ4v) is 17.1. The fraction of sp³-hybridized carbons (Fsp3) is 0.486. The smallest absolute Gasteiger partial charge is 1.00 e. The fourth-order valence-electron chi connectivity index (χ4n) is 17.1. The van der Waals surface area contributed by atoms with Crippen molar-refractivity contribution in [1.82, 2.24) is 59.9 Å². The molecule has 0 saturated heterocycles. The van der Waals surface area contributed by atoms with Gasteiger partial charge in [0.25, 0.3) is 0 Å². The van der Waals surface area contributed by atoms with E-state index in [4.69, 9.17) is 9.47 Å². The molecule has 132 heavy (non-hydrogen) atoms. The van der Waals surface area contributed by atoms with Crippen molar-refractivity contribution in [1.29, 1.82) is 0 Å². The molecule has 5 aromatic carbocycles. The van der Waals surface area contributed by atoms with Gasteiger partial charge in [-0.2, -0.15) is 140 Å². The van der Waals surface area contributed by atoms with Gasteiger partial charge in [-0.25, -0.2) is 0 Å². The van der Waals surface area contributed by atoms with E-state index in [2.05, 4.69) is 296 Å². The van der Waals surface area contributed by atoms with E-state index in [-0.39, 0.29) is 142 Å². The van der Waals surface area contributed by atoms with E-state index in [1.165, 1.54) is 201 Å². The van der Waals surface area contributed by atoms with Crippen LogP contribution in [0.5, 0.6) is 0 Å². The van der Waals surface area contributed by atoms with E-state index in [1.54, 1.807) is 0 Å². The molecule has 0 bridgehead atoms. The van der Waals surface area contributed by atoms with Gasteiger partial charge in [-0.15, -0.1) is 11.4 Å². The Morgan fingerprint density at radius 1 is 0.258 bits per heavy atom. The van der Waals surface area contributed by atoms with Crippen LogP contribution in [-0.4, -0.2) is 100 Å². The van der Waals surface area contributed by atoms with E-state index in [0.717, 1.165) is 124 Å². The van der Waals surface area contributed by atoms with Crippen LogP contribution in [0.3, 0.4) is 0 Å². The van der Waals surface area contributed by atoms with Crippen molar-refractivity contribution in [2.45, 2.75) is 323 Å². The molecule has 0 aliphatic heterocycles. The number of aryl methyl sites for hydroxylation is 13. The maximum absolute atomic E-state index is 4.83. The topological polar surface area (TPSA) is 165 Å². The Kier molecular flexibility index (Phi) is 77.4. The molecule has 6 aromatic heterocycles. The maximum atomic E-state index is 4.83. The van der Waals surface area contributed by atoms with Gasteiger partial charge in [-0.3, -0.25) is 39.5 Å². The number of rotatable bonds is 24. The number of benzene rings is 5. The zero-order valence-electron chi connectivity index (χ0n) is 81.3. The molecule has 4 saturated carbocycles. The molecule has 4 aliphatic rings. The summed E-state index contributed by atoms with van der Waals surface area (Å²) in [7, 11) is 0. The zero-order chi connectivity index (χ0) is 88.2. The third-order valence-corrected chi connectivity index (χ3v) is 22.4. The van der Waals surface area contributed by atoms with Gasteiger partial charge in [0.15, 0.2) is 0 Å². The van der Waals surface area contributed by atoms with Crippen molar-refractivity contribution < 1.29 is 151 Å². The van der Waals surface area contributed by atoms with Gasteiger partial charge >= 0.3 is 137 Å². The third kappa shape index (κ3) is 56.2. The van der Waals surface area contributed by atoms with E-state index < -0.39 is 0 Å². The van der Waals surface area contributed by atoms with Gasteiger partial charge in [-0.05, 0) is 135 Å². The molecule has 0 spiro atoms. The summed E-state index contributed by atoms with van der Waals surface area (Å²) in [6, 6.07) is 71.9. The minimum Gasteiger partial charge on any atom is -2.00 e. The molecule has 11 aromatic rings. The predicted molar refractivity (Wildman–Crippen MR) is 511 cm³/mol. The van der Waals surface area contributed by atoms with Crippen molar-refractivity contribution in [2.24, 2.45) is 0 Å². The Balaban J connectivity index is -0.00000157. The minimum atomic E-state index is 0. The molecular weight excluding hydrogens is 2030 g/mol. The Morgan fingerprint density at radius 2 is 0.462 bits per heavy atom. The molecule has 4 aliphatic carbocycles. The molecular formula is C109H150Cu8N12O3. The second-order valence-corrected chi connectivity index (χ2v) is 34.0. The predicted octanol–water partition coefficient (Wildman–Crippen LogP) is 24.6. The average Bonchev–Trinajstić information content (AvgIpc) is 1.73. The summed E-state index contributed by atoms with van der Waals surface area (Å²) >= 11 is 0. The molecule has 15 rings (SSSR count). The van der Waals surface area contributed by atoms with E-state index in [1.807, 2.05) is 94.9 Å². The van der Waals surface area contributed by atoms with Crippen LogP contribution >= 0.6 is 0 Å². The largest absolute Gasteiger partial charge is 2.00 e. The first-order valence-corrected chi connectivity index (χ1v) is 46.2. The average molecular weight is 2180 g/mol. The van der Waals surface area contributed by atoms with Crippen LogP contribution in [0.25, 0.3) is 0 Å². The molecule has 4 fully saturated rings. The summed E-state index contributed by atoms with van der Waals surface area (Å²) in [4.78, 5) is 28.7. The Hall–Kier alpha value is -5.00. The SMILES string of the molecule is CCOCC.CCOCC.Cc1[c-]c(C)cc(C)c1.Cc1[c-]c(C)cc(C)c1.Cc1[c-]c(C)cc(C)c1.Cc1[c-]c(C)cc(C)c1.Cc1ccccc1.[Cu+].[Cu+].[Cu+].[Cu+].[Cu+].[Cu+].[Cu+].[Cu+].[O-2].c1ccc(CN(Cc2cc(CN(Cc3ccccn3)C3CCCCC3)[n-]n2)C2CCCCC2)nc1.c1ccc(CN(Cc2cc(CN(Cc3ccccn3)C3CCCCC3)[n-]n2)C2CCCCC2)nc1. The first-order valence-electron chi connectivity index (χ1n) is 46.2. The quantitative estimate of drug-likeness (QED) is 0.0414. The summed E-state index contributed by atoms with van der Waals surface area (Å²) in [5, 5.41) is 18.6. The maximum Gasteiger partial charge on any atom is 1.00 e. The van der Waals surface area contributed by atoms with Gasteiger partial charge in [-0.1, -0.05) is 232 Å². The van der Waals surface area contributed by atoms with E-state index in [9.17, 15) is 0 Å². The van der Waals surface area contributed by atoms with Gasteiger partial charge in [0.2, 0.25) is 0 Å². The van der Waals surface area contributed by atoms with Gasteiger partial charge in [0, 0.05) is 139 Å². The summed E-state index contributed by atoms with van der Waals surface area (Å²) in [5.41, 5.74) is 25.3. The van der Waals surface area contributed by atoms with Crippen LogP contribution in [0.1, 0.15) is 274 Å². The first-order chi connectivity index (χ1) is 59.6. The molecule has 0 amide bonds. The number of aromatic nitrogens is 8. The van der Waals surface area contributed by atoms with Gasteiger partial charge < -0.3 is 35.3 Å². The van der Waals surface area contributed by atoms with Crippen molar-refractivity contribution in [3.8, 4) is 0 Å². The monoisotopic (exact) mass is 2180 g/mol. The number of nitrogens with zero attached hydrogens (tertiary/aromatic N) is 12. The van der Waals surface area contributed by atoms with E-state index >= 15 is 0 Å². The summed E-state index contributed by atoms with van der Waals surface area (Å²) in [6.07, 6.45) is 33.8. The summed E-state index contributed by atoms with van der Waals surface area (Å²) < 4.78 is 9.67.